The normalized spacial score (nSPS) is 22.6. The van der Waals surface area contributed by atoms with Gasteiger partial charge < -0.3 is 15.4 Å². The first-order chi connectivity index (χ1) is 9.69. The Balaban J connectivity index is 2.37. The molecule has 1 aliphatic heterocycles. The number of amides is 1. The lowest BCUT2D eigenvalue weighted by Crippen LogP contribution is -2.50. The summed E-state index contributed by atoms with van der Waals surface area (Å²) in [5, 5.41) is 9.24. The van der Waals surface area contributed by atoms with Crippen molar-refractivity contribution in [3.63, 3.8) is 0 Å². The molecule has 0 aromatic heterocycles. The number of piperidine rings is 1. The van der Waals surface area contributed by atoms with Gasteiger partial charge in [0.25, 0.3) is 0 Å². The molecule has 2 N–H and O–H groups in total. The molecule has 1 aromatic carbocycles. The predicted molar refractivity (Wildman–Crippen MR) is 74.7 cm³/mol. The van der Waals surface area contributed by atoms with Gasteiger partial charge in [-0.1, -0.05) is 18.2 Å². The van der Waals surface area contributed by atoms with E-state index < -0.39 is 0 Å². The molecule has 0 bridgehead atoms. The molecular weight excluding hydrogens is 254 g/mol. The van der Waals surface area contributed by atoms with Crippen LogP contribution in [0.25, 0.3) is 0 Å². The average molecular weight is 273 g/mol. The second kappa shape index (κ2) is 6.51. The van der Waals surface area contributed by atoms with Gasteiger partial charge >= 0.3 is 0 Å². The van der Waals surface area contributed by atoms with Gasteiger partial charge in [0.1, 0.15) is 0 Å². The van der Waals surface area contributed by atoms with Gasteiger partial charge in [0.05, 0.1) is 24.3 Å². The fourth-order valence-electron chi connectivity index (χ4n) is 2.69. The third kappa shape index (κ3) is 2.82. The summed E-state index contributed by atoms with van der Waals surface area (Å²) in [5.41, 5.74) is 7.61. The zero-order valence-corrected chi connectivity index (χ0v) is 11.6. The molecule has 5 nitrogen and oxygen atoms in total. The minimum Gasteiger partial charge on any atom is -0.383 e. The largest absolute Gasteiger partial charge is 0.383 e. The third-order valence-corrected chi connectivity index (χ3v) is 3.69. The Labute approximate surface area is 118 Å². The van der Waals surface area contributed by atoms with Crippen molar-refractivity contribution in [2.75, 3.05) is 20.3 Å². The number of rotatable bonds is 4. The highest BCUT2D eigenvalue weighted by Gasteiger charge is 2.35. The Bertz CT molecular complexity index is 524. The number of nitriles is 1. The fourth-order valence-corrected chi connectivity index (χ4v) is 2.69. The topological polar surface area (TPSA) is 79.3 Å². The molecule has 106 valence electrons. The van der Waals surface area contributed by atoms with Gasteiger partial charge in [-0.25, -0.2) is 0 Å². The number of hydrogen-bond acceptors (Lipinski definition) is 4. The van der Waals surface area contributed by atoms with Crippen LogP contribution < -0.4 is 5.73 Å². The second-order valence-electron chi connectivity index (χ2n) is 4.93. The van der Waals surface area contributed by atoms with E-state index in [1.54, 1.807) is 18.1 Å². The lowest BCUT2D eigenvalue weighted by molar-refractivity contribution is -0.138. The maximum absolute atomic E-state index is 12.2. The molecule has 1 heterocycles. The summed E-state index contributed by atoms with van der Waals surface area (Å²) in [6.45, 7) is 0.955. The van der Waals surface area contributed by atoms with Crippen molar-refractivity contribution in [1.29, 1.82) is 5.26 Å². The molecule has 1 aliphatic rings. The Hall–Kier alpha value is -1.90. The highest BCUT2D eigenvalue weighted by atomic mass is 16.5. The maximum atomic E-state index is 12.2. The van der Waals surface area contributed by atoms with E-state index in [2.05, 4.69) is 6.07 Å². The van der Waals surface area contributed by atoms with Gasteiger partial charge in [0, 0.05) is 26.1 Å². The summed E-state index contributed by atoms with van der Waals surface area (Å²) >= 11 is 0. The van der Waals surface area contributed by atoms with E-state index >= 15 is 0 Å². The monoisotopic (exact) mass is 273 g/mol. The van der Waals surface area contributed by atoms with Crippen LogP contribution in [0.1, 0.15) is 30.0 Å². The first kappa shape index (κ1) is 14.5. The highest BCUT2D eigenvalue weighted by Crippen LogP contribution is 2.32. The van der Waals surface area contributed by atoms with Crippen molar-refractivity contribution < 1.29 is 9.53 Å². The van der Waals surface area contributed by atoms with Gasteiger partial charge in [-0.3, -0.25) is 4.79 Å². The number of carbonyl (C=O) groups excluding carboxylic acids is 1. The van der Waals surface area contributed by atoms with Gasteiger partial charge in [-0.15, -0.1) is 0 Å². The Morgan fingerprint density at radius 3 is 2.95 bits per heavy atom. The summed E-state index contributed by atoms with van der Waals surface area (Å²) in [6, 6.07) is 9.10. The van der Waals surface area contributed by atoms with E-state index in [1.807, 2.05) is 18.2 Å². The lowest BCUT2D eigenvalue weighted by atomic mass is 9.88. The van der Waals surface area contributed by atoms with Crippen molar-refractivity contribution in [1.82, 2.24) is 4.90 Å². The minimum absolute atomic E-state index is 0.0708. The van der Waals surface area contributed by atoms with E-state index in [-0.39, 0.29) is 18.0 Å². The van der Waals surface area contributed by atoms with Gasteiger partial charge in [-0.2, -0.15) is 5.26 Å². The number of ether oxygens (including phenoxy) is 1. The molecule has 0 radical (unpaired) electrons. The molecule has 2 unspecified atom stereocenters. The second-order valence-corrected chi connectivity index (χ2v) is 4.93. The minimum atomic E-state index is -0.248. The van der Waals surface area contributed by atoms with Gasteiger partial charge in [-0.05, 0) is 18.1 Å². The van der Waals surface area contributed by atoms with Crippen LogP contribution in [0.4, 0.5) is 0 Å². The molecule has 5 heteroatoms. The van der Waals surface area contributed by atoms with Crippen molar-refractivity contribution in [3.05, 3.63) is 35.4 Å². The molecule has 20 heavy (non-hydrogen) atoms. The van der Waals surface area contributed by atoms with Crippen LogP contribution in [0.3, 0.4) is 0 Å². The smallest absolute Gasteiger partial charge is 0.223 e. The molecule has 1 fully saturated rings. The average Bonchev–Trinajstić information content (AvgIpc) is 2.48. The van der Waals surface area contributed by atoms with Crippen LogP contribution in [0.15, 0.2) is 24.3 Å². The quantitative estimate of drug-likeness (QED) is 0.893. The standard InChI is InChI=1S/C15H19N3O2/c1-20-9-8-18-14(19)7-6-13(17)15(18)12-5-3-2-4-11(12)10-16/h2-5,13,15H,6-9,17H2,1H3. The number of nitrogens with two attached hydrogens (primary N) is 1. The summed E-state index contributed by atoms with van der Waals surface area (Å²) in [7, 11) is 1.60. The van der Waals surface area contributed by atoms with Crippen molar-refractivity contribution in [2.45, 2.75) is 24.9 Å². The summed E-state index contributed by atoms with van der Waals surface area (Å²) in [6.07, 6.45) is 1.10. The molecule has 2 atom stereocenters. The van der Waals surface area contributed by atoms with Crippen molar-refractivity contribution >= 4 is 5.91 Å². The fraction of sp³-hybridized carbons (Fsp3) is 0.467. The van der Waals surface area contributed by atoms with E-state index in [4.69, 9.17) is 10.5 Å². The highest BCUT2D eigenvalue weighted by molar-refractivity contribution is 5.78. The number of methoxy groups -OCH3 is 1. The molecule has 1 aromatic rings. The van der Waals surface area contributed by atoms with E-state index in [0.29, 0.717) is 31.6 Å². The first-order valence-corrected chi connectivity index (χ1v) is 6.72. The number of benzene rings is 1. The predicted octanol–water partition coefficient (Wildman–Crippen LogP) is 1.20. The SMILES string of the molecule is COCCN1C(=O)CCC(N)C1c1ccccc1C#N. The van der Waals surface area contributed by atoms with Crippen molar-refractivity contribution in [3.8, 4) is 6.07 Å². The van der Waals surface area contributed by atoms with Gasteiger partial charge in [0.2, 0.25) is 5.91 Å². The molecule has 1 amide bonds. The number of carbonyl (C=O) groups is 1. The molecule has 0 aliphatic carbocycles. The van der Waals surface area contributed by atoms with Crippen molar-refractivity contribution in [2.24, 2.45) is 5.73 Å². The van der Waals surface area contributed by atoms with E-state index in [0.717, 1.165) is 5.56 Å². The molecule has 0 saturated carbocycles. The van der Waals surface area contributed by atoms with E-state index in [1.165, 1.54) is 0 Å². The lowest BCUT2D eigenvalue weighted by Gasteiger charge is -2.40. The molecule has 0 spiro atoms. The van der Waals surface area contributed by atoms with Crippen LogP contribution in [-0.2, 0) is 9.53 Å². The van der Waals surface area contributed by atoms with Crippen LogP contribution >= 0.6 is 0 Å². The van der Waals surface area contributed by atoms with Crippen LogP contribution in [0.5, 0.6) is 0 Å². The summed E-state index contributed by atoms with van der Waals surface area (Å²) in [5.74, 6) is 0.0708. The van der Waals surface area contributed by atoms with E-state index in [9.17, 15) is 10.1 Å². The summed E-state index contributed by atoms with van der Waals surface area (Å²) in [4.78, 5) is 13.9. The molecular formula is C15H19N3O2. The zero-order chi connectivity index (χ0) is 14.5. The third-order valence-electron chi connectivity index (χ3n) is 3.69. The molecule has 1 saturated heterocycles. The Morgan fingerprint density at radius 1 is 1.50 bits per heavy atom. The number of hydrogen-bond donors (Lipinski definition) is 1. The summed E-state index contributed by atoms with van der Waals surface area (Å²) < 4.78 is 5.07. The number of nitrogens with zero attached hydrogens (tertiary/aromatic N) is 2. The van der Waals surface area contributed by atoms with Crippen LogP contribution in [-0.4, -0.2) is 37.1 Å². The number of likely N-dealkylation sites (tertiary alicyclic amines) is 1. The van der Waals surface area contributed by atoms with Crippen LogP contribution in [0.2, 0.25) is 0 Å². The maximum Gasteiger partial charge on any atom is 0.223 e. The zero-order valence-electron chi connectivity index (χ0n) is 11.6. The van der Waals surface area contributed by atoms with Crippen LogP contribution in [0, 0.1) is 11.3 Å². The van der Waals surface area contributed by atoms with Gasteiger partial charge in [0.15, 0.2) is 0 Å². The Kier molecular flexibility index (Phi) is 4.72. The first-order valence-electron chi connectivity index (χ1n) is 6.72. The Morgan fingerprint density at radius 2 is 2.25 bits per heavy atom. The molecule has 2 rings (SSSR count).